The summed E-state index contributed by atoms with van der Waals surface area (Å²) in [6, 6.07) is 5.64. The number of anilines is 1. The highest BCUT2D eigenvalue weighted by atomic mass is 19.2. The van der Waals surface area contributed by atoms with Crippen LogP contribution in [0, 0.1) is 0 Å². The third-order valence-electron chi connectivity index (χ3n) is 4.31. The van der Waals surface area contributed by atoms with Gasteiger partial charge in [0.15, 0.2) is 12.3 Å². The maximum atomic E-state index is 13.5. The smallest absolute Gasteiger partial charge is 0.266 e. The van der Waals surface area contributed by atoms with Crippen LogP contribution in [-0.2, 0) is 0 Å². The lowest BCUT2D eigenvalue weighted by Gasteiger charge is -2.15. The zero-order valence-corrected chi connectivity index (χ0v) is 16.6. The minimum Gasteiger partial charge on any atom is -0.460 e. The molecule has 1 amide bonds. The second-order valence-corrected chi connectivity index (χ2v) is 6.56. The standard InChI is InChI=1S/C20H17F3N6O3/c1-11(22)31-16-4-3-12(32-17(23)8-21)7-13(16)18-15(10-25-28-18)27-20(30)14-9-26-29-6-2-5-24-19(14)29/h2-7,9-11,17H,8H2,1H3,(H,25,28)(H,27,30). The number of aromatic nitrogens is 5. The van der Waals surface area contributed by atoms with E-state index in [1.807, 2.05) is 0 Å². The van der Waals surface area contributed by atoms with Crippen molar-refractivity contribution in [1.29, 1.82) is 0 Å². The number of aromatic amines is 1. The van der Waals surface area contributed by atoms with Gasteiger partial charge in [0, 0.05) is 24.9 Å². The number of carbonyl (C=O) groups excluding carboxylic acids is 1. The zero-order chi connectivity index (χ0) is 22.7. The monoisotopic (exact) mass is 446 g/mol. The molecule has 0 saturated heterocycles. The molecule has 3 aromatic heterocycles. The first-order valence-electron chi connectivity index (χ1n) is 9.41. The number of H-pyrrole nitrogens is 1. The van der Waals surface area contributed by atoms with Gasteiger partial charge in [0.1, 0.15) is 17.1 Å². The number of carbonyl (C=O) groups is 1. The number of nitrogens with zero attached hydrogens (tertiary/aromatic N) is 4. The van der Waals surface area contributed by atoms with Gasteiger partial charge in [-0.25, -0.2) is 18.3 Å². The van der Waals surface area contributed by atoms with E-state index in [4.69, 9.17) is 9.47 Å². The molecule has 2 unspecified atom stereocenters. The highest BCUT2D eigenvalue weighted by Crippen LogP contribution is 2.37. The van der Waals surface area contributed by atoms with Crippen LogP contribution in [0.3, 0.4) is 0 Å². The average molecular weight is 446 g/mol. The van der Waals surface area contributed by atoms with Crippen molar-refractivity contribution < 1.29 is 27.4 Å². The molecule has 0 saturated carbocycles. The van der Waals surface area contributed by atoms with Crippen molar-refractivity contribution in [2.75, 3.05) is 12.0 Å². The Morgan fingerprint density at radius 3 is 2.91 bits per heavy atom. The Labute approximate surface area is 179 Å². The highest BCUT2D eigenvalue weighted by Gasteiger charge is 2.21. The summed E-state index contributed by atoms with van der Waals surface area (Å²) in [6.45, 7) is -0.156. The van der Waals surface area contributed by atoms with Gasteiger partial charge in [-0.05, 0) is 24.3 Å². The molecule has 1 aromatic carbocycles. The van der Waals surface area contributed by atoms with Crippen molar-refractivity contribution in [3.05, 3.63) is 54.6 Å². The van der Waals surface area contributed by atoms with Gasteiger partial charge in [-0.15, -0.1) is 0 Å². The Kier molecular flexibility index (Phi) is 5.92. The minimum absolute atomic E-state index is 0.0253. The Morgan fingerprint density at radius 2 is 2.12 bits per heavy atom. The van der Waals surface area contributed by atoms with Crippen LogP contribution < -0.4 is 14.8 Å². The molecule has 0 aliphatic rings. The molecular weight excluding hydrogens is 429 g/mol. The molecule has 166 valence electrons. The number of alkyl halides is 3. The fraction of sp³-hybridized carbons (Fsp3) is 0.200. The van der Waals surface area contributed by atoms with Gasteiger partial charge in [-0.3, -0.25) is 9.89 Å². The molecule has 4 aromatic rings. The molecule has 4 rings (SSSR count). The van der Waals surface area contributed by atoms with Crippen molar-refractivity contribution in [3.8, 4) is 22.8 Å². The van der Waals surface area contributed by atoms with E-state index in [0.717, 1.165) is 0 Å². The van der Waals surface area contributed by atoms with E-state index >= 15 is 0 Å². The van der Waals surface area contributed by atoms with E-state index in [2.05, 4.69) is 25.6 Å². The summed E-state index contributed by atoms with van der Waals surface area (Å²) in [4.78, 5) is 17.0. The summed E-state index contributed by atoms with van der Waals surface area (Å²) in [5.41, 5.74) is 1.23. The normalized spacial score (nSPS) is 13.0. The van der Waals surface area contributed by atoms with Crippen LogP contribution in [0.1, 0.15) is 17.3 Å². The van der Waals surface area contributed by atoms with Gasteiger partial charge in [-0.2, -0.15) is 14.6 Å². The fourth-order valence-electron chi connectivity index (χ4n) is 3.00. The number of hydrogen-bond acceptors (Lipinski definition) is 6. The molecule has 0 spiro atoms. The highest BCUT2D eigenvalue weighted by molar-refractivity contribution is 6.09. The van der Waals surface area contributed by atoms with Crippen molar-refractivity contribution in [3.63, 3.8) is 0 Å². The average Bonchev–Trinajstić information content (AvgIpc) is 3.41. The van der Waals surface area contributed by atoms with Crippen LogP contribution in [0.15, 0.2) is 49.1 Å². The van der Waals surface area contributed by atoms with Gasteiger partial charge < -0.3 is 14.8 Å². The Hall–Kier alpha value is -4.09. The molecule has 2 atom stereocenters. The van der Waals surface area contributed by atoms with E-state index < -0.39 is 25.3 Å². The molecule has 9 nitrogen and oxygen atoms in total. The maximum absolute atomic E-state index is 13.5. The largest absolute Gasteiger partial charge is 0.460 e. The first kappa shape index (κ1) is 21.2. The van der Waals surface area contributed by atoms with Crippen LogP contribution >= 0.6 is 0 Å². The first-order chi connectivity index (χ1) is 15.5. The summed E-state index contributed by atoms with van der Waals surface area (Å²) in [6.07, 6.45) is 2.04. The fourth-order valence-corrected chi connectivity index (χ4v) is 3.00. The molecule has 3 heterocycles. The third kappa shape index (κ3) is 4.33. The van der Waals surface area contributed by atoms with Crippen molar-refractivity contribution >= 4 is 17.2 Å². The Bertz CT molecular complexity index is 1240. The Morgan fingerprint density at radius 1 is 1.28 bits per heavy atom. The second-order valence-electron chi connectivity index (χ2n) is 6.56. The topological polar surface area (TPSA) is 106 Å². The van der Waals surface area contributed by atoms with E-state index in [1.54, 1.807) is 12.3 Å². The van der Waals surface area contributed by atoms with Crippen LogP contribution in [0.5, 0.6) is 11.5 Å². The van der Waals surface area contributed by atoms with Crippen LogP contribution in [0.25, 0.3) is 16.9 Å². The van der Waals surface area contributed by atoms with Gasteiger partial charge >= 0.3 is 0 Å². The molecular formula is C20H17F3N6O3. The molecule has 0 fully saturated rings. The predicted octanol–water partition coefficient (Wildman–Crippen LogP) is 3.71. The van der Waals surface area contributed by atoms with E-state index in [9.17, 15) is 18.0 Å². The quantitative estimate of drug-likeness (QED) is 0.427. The summed E-state index contributed by atoms with van der Waals surface area (Å²) in [5, 5.41) is 13.4. The number of ether oxygens (including phenoxy) is 2. The second kappa shape index (κ2) is 8.96. The first-order valence-corrected chi connectivity index (χ1v) is 9.41. The van der Waals surface area contributed by atoms with Gasteiger partial charge in [-0.1, -0.05) is 0 Å². The molecule has 0 aliphatic carbocycles. The van der Waals surface area contributed by atoms with E-state index in [0.29, 0.717) is 5.65 Å². The lowest BCUT2D eigenvalue weighted by Crippen LogP contribution is -2.13. The third-order valence-corrected chi connectivity index (χ3v) is 4.31. The summed E-state index contributed by atoms with van der Waals surface area (Å²) in [5.74, 6) is -0.473. The number of nitrogens with one attached hydrogen (secondary N) is 2. The number of hydrogen-bond donors (Lipinski definition) is 2. The van der Waals surface area contributed by atoms with Crippen LogP contribution in [-0.4, -0.2) is 50.1 Å². The lowest BCUT2D eigenvalue weighted by atomic mass is 10.1. The molecule has 0 bridgehead atoms. The predicted molar refractivity (Wildman–Crippen MR) is 108 cm³/mol. The lowest BCUT2D eigenvalue weighted by molar-refractivity contribution is 0.0432. The number of amides is 1. The van der Waals surface area contributed by atoms with Crippen molar-refractivity contribution in [2.24, 2.45) is 0 Å². The summed E-state index contributed by atoms with van der Waals surface area (Å²) < 4.78 is 50.9. The molecule has 0 aliphatic heterocycles. The number of benzene rings is 1. The van der Waals surface area contributed by atoms with Crippen molar-refractivity contribution in [1.82, 2.24) is 24.8 Å². The van der Waals surface area contributed by atoms with Crippen LogP contribution in [0.2, 0.25) is 0 Å². The number of fused-ring (bicyclic) bond motifs is 1. The minimum atomic E-state index is -2.17. The van der Waals surface area contributed by atoms with E-state index in [1.165, 1.54) is 48.2 Å². The molecule has 12 heteroatoms. The maximum Gasteiger partial charge on any atom is 0.266 e. The molecule has 0 radical (unpaired) electrons. The number of halogens is 3. The van der Waals surface area contributed by atoms with Gasteiger partial charge in [0.2, 0.25) is 6.36 Å². The van der Waals surface area contributed by atoms with E-state index in [-0.39, 0.29) is 34.0 Å². The van der Waals surface area contributed by atoms with Crippen molar-refractivity contribution in [2.45, 2.75) is 19.6 Å². The summed E-state index contributed by atoms with van der Waals surface area (Å²) >= 11 is 0. The van der Waals surface area contributed by atoms with Gasteiger partial charge in [0.05, 0.1) is 23.8 Å². The Balaban J connectivity index is 1.68. The zero-order valence-electron chi connectivity index (χ0n) is 16.6. The van der Waals surface area contributed by atoms with Gasteiger partial charge in [0.25, 0.3) is 12.3 Å². The SMILES string of the molecule is CC(F)Oc1ccc(OC(F)CF)cc1-c1[nH]ncc1NC(=O)c1cnn2cccnc12. The molecule has 32 heavy (non-hydrogen) atoms. The van der Waals surface area contributed by atoms with Crippen LogP contribution in [0.4, 0.5) is 18.9 Å². The molecule has 2 N–H and O–H groups in total. The number of rotatable bonds is 8. The summed E-state index contributed by atoms with van der Waals surface area (Å²) in [7, 11) is 0.